The van der Waals surface area contributed by atoms with Gasteiger partial charge in [-0.15, -0.1) is 0 Å². The molecule has 0 fully saturated rings. The van der Waals surface area contributed by atoms with Crippen molar-refractivity contribution in [1.82, 2.24) is 5.32 Å². The maximum Gasteiger partial charge on any atom is 0.261 e. The Bertz CT molecular complexity index is 1250. The van der Waals surface area contributed by atoms with Crippen LogP contribution in [0.25, 0.3) is 0 Å². The molecule has 0 saturated heterocycles. The van der Waals surface area contributed by atoms with Crippen LogP contribution in [0.1, 0.15) is 40.0 Å². The van der Waals surface area contributed by atoms with E-state index in [-0.39, 0.29) is 16.8 Å². The summed E-state index contributed by atoms with van der Waals surface area (Å²) in [6, 6.07) is 16.5. The highest BCUT2D eigenvalue weighted by atomic mass is 32.2. The van der Waals surface area contributed by atoms with Gasteiger partial charge in [0.25, 0.3) is 15.9 Å². The van der Waals surface area contributed by atoms with Gasteiger partial charge in [-0.25, -0.2) is 8.42 Å². The summed E-state index contributed by atoms with van der Waals surface area (Å²) in [5.74, 6) is 1.01. The Morgan fingerprint density at radius 2 is 1.61 bits per heavy atom. The SMILES string of the molecule is COc1ccc(OC)c([C@H](C)NC(=O)c2ccc(NS(=O)(=O)c3ccc(C)cc3)c(C)c2)c1. The molecule has 0 heterocycles. The van der Waals surface area contributed by atoms with Gasteiger partial charge in [-0.2, -0.15) is 0 Å². The first kappa shape index (κ1) is 24.1. The number of sulfonamides is 1. The second-order valence-corrected chi connectivity index (χ2v) is 9.43. The molecule has 0 radical (unpaired) electrons. The summed E-state index contributed by atoms with van der Waals surface area (Å²) in [7, 11) is -0.587. The summed E-state index contributed by atoms with van der Waals surface area (Å²) in [4.78, 5) is 13.0. The Kier molecular flexibility index (Phi) is 7.28. The van der Waals surface area contributed by atoms with Crippen LogP contribution in [0.5, 0.6) is 11.5 Å². The zero-order chi connectivity index (χ0) is 24.2. The molecule has 0 saturated carbocycles. The van der Waals surface area contributed by atoms with Crippen molar-refractivity contribution >= 4 is 21.6 Å². The first-order valence-electron chi connectivity index (χ1n) is 10.4. The molecule has 0 aromatic heterocycles. The smallest absolute Gasteiger partial charge is 0.261 e. The fourth-order valence-electron chi connectivity index (χ4n) is 3.38. The number of nitrogens with one attached hydrogen (secondary N) is 2. The van der Waals surface area contributed by atoms with E-state index in [0.29, 0.717) is 28.3 Å². The van der Waals surface area contributed by atoms with Gasteiger partial charge in [-0.05, 0) is 74.9 Å². The molecule has 0 aliphatic carbocycles. The third-order valence-corrected chi connectivity index (χ3v) is 6.70. The molecular weight excluding hydrogens is 440 g/mol. The topological polar surface area (TPSA) is 93.7 Å². The van der Waals surface area contributed by atoms with Crippen LogP contribution in [0.15, 0.2) is 65.6 Å². The maximum absolute atomic E-state index is 12.9. The van der Waals surface area contributed by atoms with Crippen molar-refractivity contribution < 1.29 is 22.7 Å². The molecule has 0 bridgehead atoms. The maximum atomic E-state index is 12.9. The van der Waals surface area contributed by atoms with E-state index in [4.69, 9.17) is 9.47 Å². The molecule has 0 aliphatic heterocycles. The van der Waals surface area contributed by atoms with Crippen molar-refractivity contribution in [3.05, 3.63) is 82.9 Å². The van der Waals surface area contributed by atoms with E-state index in [2.05, 4.69) is 10.0 Å². The summed E-state index contributed by atoms with van der Waals surface area (Å²) in [6.07, 6.45) is 0. The van der Waals surface area contributed by atoms with Gasteiger partial charge in [0.1, 0.15) is 11.5 Å². The zero-order valence-corrected chi connectivity index (χ0v) is 20.1. The van der Waals surface area contributed by atoms with Crippen LogP contribution in [0.4, 0.5) is 5.69 Å². The average Bonchev–Trinajstić information content (AvgIpc) is 2.80. The number of benzene rings is 3. The highest BCUT2D eigenvalue weighted by Crippen LogP contribution is 2.29. The number of hydrogen-bond donors (Lipinski definition) is 2. The van der Waals surface area contributed by atoms with Crippen LogP contribution < -0.4 is 19.5 Å². The minimum absolute atomic E-state index is 0.176. The Hall–Kier alpha value is -3.52. The molecule has 1 amide bonds. The van der Waals surface area contributed by atoms with Crippen LogP contribution in [0.3, 0.4) is 0 Å². The number of aryl methyl sites for hydroxylation is 2. The Labute approximate surface area is 194 Å². The Morgan fingerprint density at radius 3 is 2.21 bits per heavy atom. The van der Waals surface area contributed by atoms with E-state index >= 15 is 0 Å². The third-order valence-electron chi connectivity index (χ3n) is 5.32. The summed E-state index contributed by atoms with van der Waals surface area (Å²) in [6.45, 7) is 5.49. The number of amides is 1. The molecule has 3 aromatic rings. The normalized spacial score (nSPS) is 12.0. The summed E-state index contributed by atoms with van der Waals surface area (Å²) in [5.41, 5.74) is 3.21. The number of rotatable bonds is 8. The van der Waals surface area contributed by atoms with Gasteiger partial charge in [0.15, 0.2) is 0 Å². The van der Waals surface area contributed by atoms with Gasteiger partial charge < -0.3 is 14.8 Å². The lowest BCUT2D eigenvalue weighted by Crippen LogP contribution is -2.27. The summed E-state index contributed by atoms with van der Waals surface area (Å²) < 4.78 is 38.6. The van der Waals surface area contributed by atoms with E-state index in [1.807, 2.05) is 19.9 Å². The van der Waals surface area contributed by atoms with Crippen LogP contribution in [-0.4, -0.2) is 28.5 Å². The fourth-order valence-corrected chi connectivity index (χ4v) is 4.51. The quantitative estimate of drug-likeness (QED) is 0.503. The van der Waals surface area contributed by atoms with E-state index in [9.17, 15) is 13.2 Å². The molecule has 3 aromatic carbocycles. The van der Waals surface area contributed by atoms with Crippen molar-refractivity contribution in [2.45, 2.75) is 31.7 Å². The molecular formula is C25H28N2O5S. The van der Waals surface area contributed by atoms with Crippen molar-refractivity contribution in [1.29, 1.82) is 0 Å². The lowest BCUT2D eigenvalue weighted by atomic mass is 10.0. The predicted octanol–water partition coefficient (Wildman–Crippen LogP) is 4.61. The Balaban J connectivity index is 1.77. The second kappa shape index (κ2) is 9.95. The monoisotopic (exact) mass is 468 g/mol. The largest absolute Gasteiger partial charge is 0.497 e. The van der Waals surface area contributed by atoms with Gasteiger partial charge >= 0.3 is 0 Å². The lowest BCUT2D eigenvalue weighted by molar-refractivity contribution is 0.0939. The summed E-state index contributed by atoms with van der Waals surface area (Å²) >= 11 is 0. The van der Waals surface area contributed by atoms with Crippen LogP contribution >= 0.6 is 0 Å². The number of methoxy groups -OCH3 is 2. The molecule has 0 spiro atoms. The number of anilines is 1. The highest BCUT2D eigenvalue weighted by molar-refractivity contribution is 7.92. The van der Waals surface area contributed by atoms with Crippen LogP contribution in [0.2, 0.25) is 0 Å². The number of hydrogen-bond acceptors (Lipinski definition) is 5. The van der Waals surface area contributed by atoms with Crippen LogP contribution in [-0.2, 0) is 10.0 Å². The number of carbonyl (C=O) groups is 1. The Morgan fingerprint density at radius 1 is 0.909 bits per heavy atom. The molecule has 33 heavy (non-hydrogen) atoms. The minimum atomic E-state index is -3.73. The van der Waals surface area contributed by atoms with Crippen molar-refractivity contribution in [2.75, 3.05) is 18.9 Å². The van der Waals surface area contributed by atoms with E-state index in [1.54, 1.807) is 75.7 Å². The van der Waals surface area contributed by atoms with Crippen molar-refractivity contribution in [2.24, 2.45) is 0 Å². The van der Waals surface area contributed by atoms with E-state index in [1.165, 1.54) is 0 Å². The molecule has 174 valence electrons. The zero-order valence-electron chi connectivity index (χ0n) is 19.3. The van der Waals surface area contributed by atoms with Crippen LogP contribution in [0, 0.1) is 13.8 Å². The van der Waals surface area contributed by atoms with Crippen molar-refractivity contribution in [3.63, 3.8) is 0 Å². The van der Waals surface area contributed by atoms with Gasteiger partial charge in [0, 0.05) is 11.1 Å². The van der Waals surface area contributed by atoms with E-state index < -0.39 is 10.0 Å². The average molecular weight is 469 g/mol. The van der Waals surface area contributed by atoms with E-state index in [0.717, 1.165) is 11.1 Å². The number of ether oxygens (including phenoxy) is 2. The molecule has 7 nitrogen and oxygen atoms in total. The highest BCUT2D eigenvalue weighted by Gasteiger charge is 2.19. The molecule has 2 N–H and O–H groups in total. The summed E-state index contributed by atoms with van der Waals surface area (Å²) in [5, 5.41) is 2.95. The molecule has 1 atom stereocenters. The number of carbonyl (C=O) groups excluding carboxylic acids is 1. The fraction of sp³-hybridized carbons (Fsp3) is 0.240. The first-order chi connectivity index (χ1) is 15.6. The molecule has 0 unspecified atom stereocenters. The standard InChI is InChI=1S/C25H28N2O5S/c1-16-6-10-21(11-7-16)33(29,30)27-23-12-8-19(14-17(23)2)25(28)26-18(3)22-15-20(31-4)9-13-24(22)32-5/h6-15,18,27H,1-5H3,(H,26,28)/t18-/m0/s1. The van der Waals surface area contributed by atoms with Crippen molar-refractivity contribution in [3.8, 4) is 11.5 Å². The second-order valence-electron chi connectivity index (χ2n) is 7.75. The van der Waals surface area contributed by atoms with Gasteiger partial charge in [0.05, 0.1) is 30.8 Å². The molecule has 0 aliphatic rings. The third kappa shape index (κ3) is 5.64. The molecule has 8 heteroatoms. The van der Waals surface area contributed by atoms with Gasteiger partial charge in [0.2, 0.25) is 0 Å². The van der Waals surface area contributed by atoms with Gasteiger partial charge in [-0.3, -0.25) is 9.52 Å². The predicted molar refractivity (Wildman–Crippen MR) is 129 cm³/mol. The van der Waals surface area contributed by atoms with Gasteiger partial charge in [-0.1, -0.05) is 17.7 Å². The minimum Gasteiger partial charge on any atom is -0.497 e. The molecule has 3 rings (SSSR count). The lowest BCUT2D eigenvalue weighted by Gasteiger charge is -2.19. The first-order valence-corrected chi connectivity index (χ1v) is 11.9.